The van der Waals surface area contributed by atoms with Crippen LogP contribution in [0.15, 0.2) is 12.2 Å². The van der Waals surface area contributed by atoms with E-state index in [0.717, 1.165) is 6.42 Å². The first kappa shape index (κ1) is 8.79. The zero-order chi connectivity index (χ0) is 8.27. The summed E-state index contributed by atoms with van der Waals surface area (Å²) in [6.45, 7) is 8.27. The van der Waals surface area contributed by atoms with E-state index in [1.54, 1.807) is 0 Å². The van der Waals surface area contributed by atoms with Gasteiger partial charge in [0.25, 0.3) is 0 Å². The highest BCUT2D eigenvalue weighted by atomic mass is 16.5. The van der Waals surface area contributed by atoms with Gasteiger partial charge in [-0.25, -0.2) is 0 Å². The first-order valence-electron chi connectivity index (χ1n) is 4.57. The molecule has 1 saturated heterocycles. The van der Waals surface area contributed by atoms with Gasteiger partial charge in [-0.05, 0) is 31.8 Å². The Kier molecular flexibility index (Phi) is 3.13. The maximum atomic E-state index is 5.74. The van der Waals surface area contributed by atoms with Gasteiger partial charge in [0, 0.05) is 0 Å². The van der Waals surface area contributed by atoms with Gasteiger partial charge in [-0.15, -0.1) is 0 Å². The Morgan fingerprint density at radius 1 is 1.64 bits per heavy atom. The Labute approximate surface area is 69.4 Å². The van der Waals surface area contributed by atoms with Crippen molar-refractivity contribution in [3.63, 3.8) is 0 Å². The standard InChI is InChI=1S/C10H18O/c1-4-5-10-7-6-8(2)9(3)11-10/h9-10H,2,4-7H2,1,3H3/t9-,10+/m1/s1. The highest BCUT2D eigenvalue weighted by molar-refractivity contribution is 5.03. The van der Waals surface area contributed by atoms with Crippen molar-refractivity contribution >= 4 is 0 Å². The summed E-state index contributed by atoms with van der Waals surface area (Å²) in [5, 5.41) is 0. The second-order valence-electron chi connectivity index (χ2n) is 3.39. The van der Waals surface area contributed by atoms with Crippen LogP contribution in [0.5, 0.6) is 0 Å². The molecule has 0 aromatic rings. The predicted octanol–water partition coefficient (Wildman–Crippen LogP) is 2.91. The van der Waals surface area contributed by atoms with Crippen molar-refractivity contribution in [2.24, 2.45) is 0 Å². The van der Waals surface area contributed by atoms with Gasteiger partial charge < -0.3 is 4.74 Å². The van der Waals surface area contributed by atoms with Crippen molar-refractivity contribution in [3.8, 4) is 0 Å². The van der Waals surface area contributed by atoms with E-state index < -0.39 is 0 Å². The van der Waals surface area contributed by atoms with Crippen LogP contribution < -0.4 is 0 Å². The molecule has 0 radical (unpaired) electrons. The minimum atomic E-state index is 0.292. The van der Waals surface area contributed by atoms with Gasteiger partial charge in [-0.3, -0.25) is 0 Å². The van der Waals surface area contributed by atoms with Gasteiger partial charge in [0.2, 0.25) is 0 Å². The summed E-state index contributed by atoms with van der Waals surface area (Å²) < 4.78 is 5.74. The molecule has 1 aliphatic rings. The average Bonchev–Trinajstić information content (AvgIpc) is 1.98. The molecule has 1 fully saturated rings. The van der Waals surface area contributed by atoms with Crippen LogP contribution in [0.1, 0.15) is 39.5 Å². The summed E-state index contributed by atoms with van der Waals surface area (Å²) in [5.74, 6) is 0. The molecule has 2 atom stereocenters. The summed E-state index contributed by atoms with van der Waals surface area (Å²) in [6.07, 6.45) is 5.56. The van der Waals surface area contributed by atoms with Crippen molar-refractivity contribution < 1.29 is 4.74 Å². The molecule has 0 aromatic heterocycles. The average molecular weight is 154 g/mol. The van der Waals surface area contributed by atoms with E-state index in [-0.39, 0.29) is 0 Å². The minimum Gasteiger partial charge on any atom is -0.371 e. The Balaban J connectivity index is 2.33. The maximum Gasteiger partial charge on any atom is 0.0758 e. The summed E-state index contributed by atoms with van der Waals surface area (Å²) >= 11 is 0. The molecule has 0 saturated carbocycles. The van der Waals surface area contributed by atoms with Gasteiger partial charge in [0.05, 0.1) is 12.2 Å². The molecular weight excluding hydrogens is 136 g/mol. The van der Waals surface area contributed by atoms with Crippen LogP contribution in [0.3, 0.4) is 0 Å². The molecular formula is C10H18O. The zero-order valence-corrected chi connectivity index (χ0v) is 7.60. The van der Waals surface area contributed by atoms with Crippen LogP contribution in [0.25, 0.3) is 0 Å². The number of hydrogen-bond acceptors (Lipinski definition) is 1. The fourth-order valence-corrected chi connectivity index (χ4v) is 1.54. The Morgan fingerprint density at radius 2 is 2.36 bits per heavy atom. The highest BCUT2D eigenvalue weighted by Gasteiger charge is 2.20. The SMILES string of the molecule is C=C1CC[C@H](CCC)O[C@@H]1C. The van der Waals surface area contributed by atoms with Crippen LogP contribution in [-0.4, -0.2) is 12.2 Å². The zero-order valence-electron chi connectivity index (χ0n) is 7.60. The third-order valence-electron chi connectivity index (χ3n) is 2.37. The summed E-state index contributed by atoms with van der Waals surface area (Å²) in [6, 6.07) is 0. The first-order valence-corrected chi connectivity index (χ1v) is 4.57. The van der Waals surface area contributed by atoms with Gasteiger partial charge in [0.15, 0.2) is 0 Å². The predicted molar refractivity (Wildman–Crippen MR) is 47.6 cm³/mol. The highest BCUT2D eigenvalue weighted by Crippen LogP contribution is 2.24. The molecule has 1 aliphatic heterocycles. The quantitative estimate of drug-likeness (QED) is 0.556. The van der Waals surface area contributed by atoms with E-state index >= 15 is 0 Å². The molecule has 64 valence electrons. The van der Waals surface area contributed by atoms with E-state index in [2.05, 4.69) is 20.4 Å². The van der Waals surface area contributed by atoms with Crippen molar-refractivity contribution in [2.45, 2.75) is 51.7 Å². The van der Waals surface area contributed by atoms with E-state index in [1.165, 1.54) is 24.8 Å². The van der Waals surface area contributed by atoms with E-state index in [4.69, 9.17) is 4.74 Å². The molecule has 11 heavy (non-hydrogen) atoms. The minimum absolute atomic E-state index is 0.292. The van der Waals surface area contributed by atoms with Gasteiger partial charge >= 0.3 is 0 Å². The molecule has 0 aromatic carbocycles. The van der Waals surface area contributed by atoms with Crippen molar-refractivity contribution in [2.75, 3.05) is 0 Å². The largest absolute Gasteiger partial charge is 0.371 e. The third kappa shape index (κ3) is 2.33. The van der Waals surface area contributed by atoms with Crippen LogP contribution in [0.2, 0.25) is 0 Å². The lowest BCUT2D eigenvalue weighted by Crippen LogP contribution is -2.26. The van der Waals surface area contributed by atoms with Crippen LogP contribution >= 0.6 is 0 Å². The summed E-state index contributed by atoms with van der Waals surface area (Å²) in [4.78, 5) is 0. The van der Waals surface area contributed by atoms with Crippen LogP contribution in [0, 0.1) is 0 Å². The third-order valence-corrected chi connectivity index (χ3v) is 2.37. The van der Waals surface area contributed by atoms with Crippen LogP contribution in [-0.2, 0) is 4.74 Å². The molecule has 0 amide bonds. The van der Waals surface area contributed by atoms with Gasteiger partial charge in [0.1, 0.15) is 0 Å². The molecule has 0 aliphatic carbocycles. The molecule has 0 unspecified atom stereocenters. The topological polar surface area (TPSA) is 9.23 Å². The van der Waals surface area contributed by atoms with E-state index in [9.17, 15) is 0 Å². The Morgan fingerprint density at radius 3 is 2.91 bits per heavy atom. The smallest absolute Gasteiger partial charge is 0.0758 e. The summed E-state index contributed by atoms with van der Waals surface area (Å²) in [7, 11) is 0. The molecule has 0 spiro atoms. The Bertz CT molecular complexity index is 140. The second-order valence-corrected chi connectivity index (χ2v) is 3.39. The summed E-state index contributed by atoms with van der Waals surface area (Å²) in [5.41, 5.74) is 1.26. The molecule has 1 nitrogen and oxygen atoms in total. The second kappa shape index (κ2) is 3.91. The van der Waals surface area contributed by atoms with Gasteiger partial charge in [-0.1, -0.05) is 19.9 Å². The lowest BCUT2D eigenvalue weighted by atomic mass is 9.98. The fraction of sp³-hybridized carbons (Fsp3) is 0.800. The number of rotatable bonds is 2. The first-order chi connectivity index (χ1) is 5.24. The van der Waals surface area contributed by atoms with Crippen molar-refractivity contribution in [3.05, 3.63) is 12.2 Å². The van der Waals surface area contributed by atoms with Crippen molar-refractivity contribution in [1.82, 2.24) is 0 Å². The molecule has 0 N–H and O–H groups in total. The normalized spacial score (nSPS) is 32.4. The molecule has 1 rings (SSSR count). The molecule has 0 bridgehead atoms. The number of hydrogen-bond donors (Lipinski definition) is 0. The van der Waals surface area contributed by atoms with E-state index in [1.807, 2.05) is 0 Å². The van der Waals surface area contributed by atoms with Gasteiger partial charge in [-0.2, -0.15) is 0 Å². The lowest BCUT2D eigenvalue weighted by molar-refractivity contribution is -0.0138. The maximum absolute atomic E-state index is 5.74. The van der Waals surface area contributed by atoms with Crippen LogP contribution in [0.4, 0.5) is 0 Å². The molecule has 1 heteroatoms. The lowest BCUT2D eigenvalue weighted by Gasteiger charge is -2.29. The monoisotopic (exact) mass is 154 g/mol. The fourth-order valence-electron chi connectivity index (χ4n) is 1.54. The Hall–Kier alpha value is -0.300. The van der Waals surface area contributed by atoms with E-state index in [0.29, 0.717) is 12.2 Å². The molecule has 1 heterocycles. The van der Waals surface area contributed by atoms with Crippen molar-refractivity contribution in [1.29, 1.82) is 0 Å². The number of ether oxygens (including phenoxy) is 1.